The van der Waals surface area contributed by atoms with Gasteiger partial charge in [-0.1, -0.05) is 26.7 Å². The molecule has 1 rings (SSSR count). The van der Waals surface area contributed by atoms with Gasteiger partial charge < -0.3 is 15.0 Å². The van der Waals surface area contributed by atoms with E-state index in [1.807, 2.05) is 0 Å². The summed E-state index contributed by atoms with van der Waals surface area (Å²) in [7, 11) is 0. The molecule has 1 N–H and O–H groups in total. The minimum absolute atomic E-state index is 0.939. The van der Waals surface area contributed by atoms with Crippen LogP contribution in [-0.4, -0.2) is 50.8 Å². The first-order valence-corrected chi connectivity index (χ1v) is 7.87. The number of nitrogens with zero attached hydrogens (tertiary/aromatic N) is 1. The number of nitrogens with one attached hydrogen (secondary N) is 1. The van der Waals surface area contributed by atoms with Crippen molar-refractivity contribution in [3.05, 3.63) is 0 Å². The highest BCUT2D eigenvalue weighted by molar-refractivity contribution is 4.64. The Kier molecular flexibility index (Phi) is 9.54. The van der Waals surface area contributed by atoms with Gasteiger partial charge in [0, 0.05) is 26.3 Å². The number of ether oxygens (including phenoxy) is 1. The van der Waals surface area contributed by atoms with E-state index in [1.54, 1.807) is 0 Å². The summed E-state index contributed by atoms with van der Waals surface area (Å²) in [6.07, 6.45) is 6.68. The summed E-state index contributed by atoms with van der Waals surface area (Å²) >= 11 is 0. The molecule has 3 heteroatoms. The minimum Gasteiger partial charge on any atom is -0.381 e. The smallest absolute Gasteiger partial charge is 0.0468 e. The highest BCUT2D eigenvalue weighted by atomic mass is 16.5. The molecule has 0 bridgehead atoms. The van der Waals surface area contributed by atoms with E-state index >= 15 is 0 Å². The van der Waals surface area contributed by atoms with Crippen LogP contribution in [0.5, 0.6) is 0 Å². The van der Waals surface area contributed by atoms with Crippen LogP contribution in [0.4, 0.5) is 0 Å². The van der Waals surface area contributed by atoms with E-state index in [0.717, 1.165) is 25.7 Å². The maximum Gasteiger partial charge on any atom is 0.0468 e. The summed E-state index contributed by atoms with van der Waals surface area (Å²) < 4.78 is 5.39. The zero-order valence-electron chi connectivity index (χ0n) is 12.4. The quantitative estimate of drug-likeness (QED) is 0.608. The standard InChI is InChI=1S/C15H32N2O/c1-3-17(4-2)12-11-16-10-6-5-7-15-8-13-18-14-9-15/h15-16H,3-14H2,1-2H3. The van der Waals surface area contributed by atoms with Crippen molar-refractivity contribution >= 4 is 0 Å². The number of rotatable bonds is 10. The van der Waals surface area contributed by atoms with E-state index in [9.17, 15) is 0 Å². The predicted octanol–water partition coefficient (Wildman–Crippen LogP) is 2.51. The van der Waals surface area contributed by atoms with Crippen LogP contribution in [0.2, 0.25) is 0 Å². The van der Waals surface area contributed by atoms with Crippen LogP contribution in [0.1, 0.15) is 46.0 Å². The van der Waals surface area contributed by atoms with Gasteiger partial charge in [-0.15, -0.1) is 0 Å². The maximum absolute atomic E-state index is 5.39. The summed E-state index contributed by atoms with van der Waals surface area (Å²) in [6.45, 7) is 12.3. The molecule has 0 unspecified atom stereocenters. The van der Waals surface area contributed by atoms with E-state index in [2.05, 4.69) is 24.1 Å². The Labute approximate surface area is 113 Å². The van der Waals surface area contributed by atoms with Crippen molar-refractivity contribution in [3.63, 3.8) is 0 Å². The SMILES string of the molecule is CCN(CC)CCNCCCCC1CCOCC1. The van der Waals surface area contributed by atoms with Crippen molar-refractivity contribution in [2.75, 3.05) is 45.9 Å². The van der Waals surface area contributed by atoms with Crippen LogP contribution >= 0.6 is 0 Å². The fraction of sp³-hybridized carbons (Fsp3) is 1.00. The molecule has 0 radical (unpaired) electrons. The highest BCUT2D eigenvalue weighted by Crippen LogP contribution is 2.20. The van der Waals surface area contributed by atoms with Gasteiger partial charge in [-0.25, -0.2) is 0 Å². The second-order valence-electron chi connectivity index (χ2n) is 5.33. The first-order chi connectivity index (χ1) is 8.86. The van der Waals surface area contributed by atoms with Gasteiger partial charge in [0.05, 0.1) is 0 Å². The second kappa shape index (κ2) is 10.8. The molecule has 108 valence electrons. The molecule has 0 aliphatic carbocycles. The summed E-state index contributed by atoms with van der Waals surface area (Å²) in [5.41, 5.74) is 0. The Balaban J connectivity index is 1.83. The zero-order valence-corrected chi connectivity index (χ0v) is 12.4. The Morgan fingerprint density at radius 1 is 1.06 bits per heavy atom. The van der Waals surface area contributed by atoms with Gasteiger partial charge in [0.2, 0.25) is 0 Å². The molecule has 0 atom stereocenters. The first-order valence-electron chi connectivity index (χ1n) is 7.87. The summed E-state index contributed by atoms with van der Waals surface area (Å²) in [4.78, 5) is 2.47. The highest BCUT2D eigenvalue weighted by Gasteiger charge is 2.12. The van der Waals surface area contributed by atoms with Crippen LogP contribution in [-0.2, 0) is 4.74 Å². The van der Waals surface area contributed by atoms with E-state index in [1.165, 1.54) is 58.3 Å². The van der Waals surface area contributed by atoms with Crippen molar-refractivity contribution in [2.24, 2.45) is 5.92 Å². The predicted molar refractivity (Wildman–Crippen MR) is 78.1 cm³/mol. The van der Waals surface area contributed by atoms with Crippen molar-refractivity contribution in [1.29, 1.82) is 0 Å². The Bertz CT molecular complexity index is 177. The second-order valence-corrected chi connectivity index (χ2v) is 5.33. The van der Waals surface area contributed by atoms with Gasteiger partial charge >= 0.3 is 0 Å². The third-order valence-corrected chi connectivity index (χ3v) is 4.06. The van der Waals surface area contributed by atoms with Gasteiger partial charge in [0.15, 0.2) is 0 Å². The molecule has 0 amide bonds. The molecule has 1 saturated heterocycles. The lowest BCUT2D eigenvalue weighted by molar-refractivity contribution is 0.0631. The Morgan fingerprint density at radius 2 is 1.78 bits per heavy atom. The third kappa shape index (κ3) is 7.34. The maximum atomic E-state index is 5.39. The molecule has 3 nitrogen and oxygen atoms in total. The van der Waals surface area contributed by atoms with Gasteiger partial charge in [-0.2, -0.15) is 0 Å². The van der Waals surface area contributed by atoms with Crippen LogP contribution < -0.4 is 5.32 Å². The lowest BCUT2D eigenvalue weighted by atomic mass is 9.94. The van der Waals surface area contributed by atoms with Crippen LogP contribution in [0.3, 0.4) is 0 Å². The summed E-state index contributed by atoms with van der Waals surface area (Å²) in [5.74, 6) is 0.939. The molecule has 0 saturated carbocycles. The Hall–Kier alpha value is -0.120. The molecule has 1 aliphatic rings. The van der Waals surface area contributed by atoms with Crippen molar-refractivity contribution in [1.82, 2.24) is 10.2 Å². The monoisotopic (exact) mass is 256 g/mol. The van der Waals surface area contributed by atoms with E-state index in [4.69, 9.17) is 4.74 Å². The van der Waals surface area contributed by atoms with E-state index in [-0.39, 0.29) is 0 Å². The minimum atomic E-state index is 0.939. The number of hydrogen-bond acceptors (Lipinski definition) is 3. The zero-order chi connectivity index (χ0) is 13.1. The Morgan fingerprint density at radius 3 is 2.44 bits per heavy atom. The number of unbranched alkanes of at least 4 members (excludes halogenated alkanes) is 1. The van der Waals surface area contributed by atoms with Crippen LogP contribution in [0.15, 0.2) is 0 Å². The fourth-order valence-electron chi connectivity index (χ4n) is 2.62. The lowest BCUT2D eigenvalue weighted by Crippen LogP contribution is -2.32. The molecular weight excluding hydrogens is 224 g/mol. The van der Waals surface area contributed by atoms with Crippen molar-refractivity contribution in [2.45, 2.75) is 46.0 Å². The molecule has 0 spiro atoms. The lowest BCUT2D eigenvalue weighted by Gasteiger charge is -2.21. The summed E-state index contributed by atoms with van der Waals surface area (Å²) in [6, 6.07) is 0. The molecule has 1 heterocycles. The third-order valence-electron chi connectivity index (χ3n) is 4.06. The fourth-order valence-corrected chi connectivity index (χ4v) is 2.62. The topological polar surface area (TPSA) is 24.5 Å². The van der Waals surface area contributed by atoms with Gasteiger partial charge in [-0.3, -0.25) is 0 Å². The molecular formula is C15H32N2O. The average Bonchev–Trinajstić information content (AvgIpc) is 2.43. The molecule has 0 aromatic rings. The van der Waals surface area contributed by atoms with Gasteiger partial charge in [-0.05, 0) is 44.8 Å². The van der Waals surface area contributed by atoms with E-state index in [0.29, 0.717) is 0 Å². The average molecular weight is 256 g/mol. The normalized spacial score (nSPS) is 17.5. The first kappa shape index (κ1) is 15.9. The van der Waals surface area contributed by atoms with Crippen molar-refractivity contribution in [3.8, 4) is 0 Å². The molecule has 1 fully saturated rings. The summed E-state index contributed by atoms with van der Waals surface area (Å²) in [5, 5.41) is 3.56. The van der Waals surface area contributed by atoms with Gasteiger partial charge in [0.25, 0.3) is 0 Å². The van der Waals surface area contributed by atoms with Crippen molar-refractivity contribution < 1.29 is 4.74 Å². The van der Waals surface area contributed by atoms with Crippen LogP contribution in [0.25, 0.3) is 0 Å². The van der Waals surface area contributed by atoms with Gasteiger partial charge in [0.1, 0.15) is 0 Å². The molecule has 0 aromatic heterocycles. The van der Waals surface area contributed by atoms with E-state index < -0.39 is 0 Å². The molecule has 1 aliphatic heterocycles. The number of likely N-dealkylation sites (N-methyl/N-ethyl adjacent to an activating group) is 1. The van der Waals surface area contributed by atoms with Crippen LogP contribution in [0, 0.1) is 5.92 Å². The largest absolute Gasteiger partial charge is 0.381 e. The molecule has 18 heavy (non-hydrogen) atoms. The molecule has 0 aromatic carbocycles. The number of hydrogen-bond donors (Lipinski definition) is 1.